The fourth-order valence-corrected chi connectivity index (χ4v) is 2.27. The van der Waals surface area contributed by atoms with Crippen LogP contribution in [0.1, 0.15) is 48.0 Å². The average molecular weight is 272 g/mol. The minimum absolute atomic E-state index is 0.0386. The molecule has 2 rings (SSSR count). The molecule has 0 spiro atoms. The summed E-state index contributed by atoms with van der Waals surface area (Å²) in [5.41, 5.74) is -0.623. The van der Waals surface area contributed by atoms with Gasteiger partial charge in [0.15, 0.2) is 6.29 Å². The quantitative estimate of drug-likeness (QED) is 0.770. The van der Waals surface area contributed by atoms with Crippen LogP contribution >= 0.6 is 0 Å². The predicted octanol–water partition coefficient (Wildman–Crippen LogP) is 4.23. The van der Waals surface area contributed by atoms with Crippen LogP contribution in [-0.4, -0.2) is 12.4 Å². The first-order chi connectivity index (χ1) is 9.00. The number of hydrogen-bond donors (Lipinski definition) is 0. The number of rotatable bonds is 3. The van der Waals surface area contributed by atoms with E-state index < -0.39 is 11.7 Å². The molecule has 0 aliphatic heterocycles. The largest absolute Gasteiger partial charge is 0.490 e. The zero-order valence-corrected chi connectivity index (χ0v) is 10.4. The van der Waals surface area contributed by atoms with Gasteiger partial charge in [-0.05, 0) is 43.9 Å². The Balaban J connectivity index is 2.23. The minimum atomic E-state index is -4.42. The highest BCUT2D eigenvalue weighted by Crippen LogP contribution is 2.34. The number of carbonyl (C=O) groups is 1. The lowest BCUT2D eigenvalue weighted by Crippen LogP contribution is -2.20. The molecule has 5 heteroatoms. The Hall–Kier alpha value is -1.52. The van der Waals surface area contributed by atoms with Gasteiger partial charge in [-0.2, -0.15) is 13.2 Å². The van der Waals surface area contributed by atoms with Crippen molar-refractivity contribution in [2.24, 2.45) is 0 Å². The second-order valence-electron chi connectivity index (χ2n) is 4.75. The maximum absolute atomic E-state index is 12.6. The molecule has 1 aromatic carbocycles. The third-order valence-corrected chi connectivity index (χ3v) is 3.31. The molecule has 0 saturated heterocycles. The van der Waals surface area contributed by atoms with E-state index in [1.54, 1.807) is 0 Å². The van der Waals surface area contributed by atoms with Crippen LogP contribution in [0.5, 0.6) is 5.75 Å². The van der Waals surface area contributed by atoms with Crippen LogP contribution < -0.4 is 4.74 Å². The van der Waals surface area contributed by atoms with Crippen LogP contribution in [0, 0.1) is 0 Å². The molecular weight excluding hydrogens is 257 g/mol. The van der Waals surface area contributed by atoms with Gasteiger partial charge in [-0.1, -0.05) is 6.42 Å². The van der Waals surface area contributed by atoms with E-state index in [0.29, 0.717) is 6.29 Å². The van der Waals surface area contributed by atoms with E-state index in [2.05, 4.69) is 0 Å². The summed E-state index contributed by atoms with van der Waals surface area (Å²) < 4.78 is 43.5. The van der Waals surface area contributed by atoms with Gasteiger partial charge in [0.1, 0.15) is 5.75 Å². The molecule has 19 heavy (non-hydrogen) atoms. The Kier molecular flexibility index (Phi) is 4.12. The molecule has 104 valence electrons. The van der Waals surface area contributed by atoms with E-state index in [1.807, 2.05) is 0 Å². The van der Waals surface area contributed by atoms with E-state index in [-0.39, 0.29) is 17.4 Å². The summed E-state index contributed by atoms with van der Waals surface area (Å²) in [7, 11) is 0. The molecule has 0 aromatic heterocycles. The molecule has 0 atom stereocenters. The third-order valence-electron chi connectivity index (χ3n) is 3.31. The Morgan fingerprint density at radius 3 is 2.42 bits per heavy atom. The molecular formula is C14H15F3O2. The molecule has 1 aliphatic rings. The van der Waals surface area contributed by atoms with Crippen LogP contribution in [-0.2, 0) is 6.18 Å². The van der Waals surface area contributed by atoms with Crippen molar-refractivity contribution in [3.63, 3.8) is 0 Å². The van der Waals surface area contributed by atoms with Gasteiger partial charge in [0.25, 0.3) is 0 Å². The van der Waals surface area contributed by atoms with Crippen LogP contribution in [0.2, 0.25) is 0 Å². The molecule has 0 radical (unpaired) electrons. The Morgan fingerprint density at radius 2 is 1.84 bits per heavy atom. The summed E-state index contributed by atoms with van der Waals surface area (Å²) in [5.74, 6) is 0.0386. The van der Waals surface area contributed by atoms with E-state index >= 15 is 0 Å². The lowest BCUT2D eigenvalue weighted by molar-refractivity contribution is -0.137. The van der Waals surface area contributed by atoms with Crippen molar-refractivity contribution in [2.45, 2.75) is 44.4 Å². The van der Waals surface area contributed by atoms with E-state index in [0.717, 1.165) is 50.3 Å². The normalized spacial score (nSPS) is 17.2. The lowest BCUT2D eigenvalue weighted by atomic mass is 9.97. The number of carbonyl (C=O) groups excluding carboxylic acids is 1. The van der Waals surface area contributed by atoms with Crippen LogP contribution in [0.3, 0.4) is 0 Å². The maximum atomic E-state index is 12.6. The number of ether oxygens (including phenoxy) is 1. The van der Waals surface area contributed by atoms with Gasteiger partial charge in [0.2, 0.25) is 0 Å². The smallest absolute Gasteiger partial charge is 0.416 e. The van der Waals surface area contributed by atoms with Crippen molar-refractivity contribution >= 4 is 6.29 Å². The van der Waals surface area contributed by atoms with Crippen molar-refractivity contribution in [1.82, 2.24) is 0 Å². The molecule has 1 aromatic rings. The summed E-state index contributed by atoms with van der Waals surface area (Å²) in [6.45, 7) is 0. The number of hydrogen-bond acceptors (Lipinski definition) is 2. The molecule has 0 heterocycles. The number of aldehydes is 1. The van der Waals surface area contributed by atoms with Crippen molar-refractivity contribution in [3.05, 3.63) is 29.3 Å². The molecule has 2 nitrogen and oxygen atoms in total. The van der Waals surface area contributed by atoms with Crippen molar-refractivity contribution in [3.8, 4) is 5.75 Å². The Labute approximate surface area is 109 Å². The highest BCUT2D eigenvalue weighted by molar-refractivity contribution is 5.79. The van der Waals surface area contributed by atoms with Gasteiger partial charge < -0.3 is 4.74 Å². The highest BCUT2D eigenvalue weighted by atomic mass is 19.4. The molecule has 1 saturated carbocycles. The van der Waals surface area contributed by atoms with Gasteiger partial charge >= 0.3 is 6.18 Å². The first kappa shape index (κ1) is 13.9. The average Bonchev–Trinajstić information content (AvgIpc) is 2.39. The van der Waals surface area contributed by atoms with E-state index in [1.165, 1.54) is 0 Å². The maximum Gasteiger partial charge on any atom is 0.416 e. The second kappa shape index (κ2) is 5.63. The fraction of sp³-hybridized carbons (Fsp3) is 0.500. The Bertz CT molecular complexity index is 448. The van der Waals surface area contributed by atoms with Crippen molar-refractivity contribution < 1.29 is 22.7 Å². The second-order valence-corrected chi connectivity index (χ2v) is 4.75. The number of alkyl halides is 3. The molecule has 0 N–H and O–H groups in total. The van der Waals surface area contributed by atoms with Crippen LogP contribution in [0.4, 0.5) is 13.2 Å². The Morgan fingerprint density at radius 1 is 1.16 bits per heavy atom. The summed E-state index contributed by atoms with van der Waals surface area (Å²) in [6.07, 6.45) is 0.826. The molecule has 0 bridgehead atoms. The molecule has 0 amide bonds. The molecule has 0 unspecified atom stereocenters. The first-order valence-corrected chi connectivity index (χ1v) is 6.34. The van der Waals surface area contributed by atoms with Crippen LogP contribution in [0.15, 0.2) is 18.2 Å². The first-order valence-electron chi connectivity index (χ1n) is 6.34. The topological polar surface area (TPSA) is 26.3 Å². The summed E-state index contributed by atoms with van der Waals surface area (Å²) >= 11 is 0. The SMILES string of the molecule is O=Cc1ccc(C(F)(F)F)cc1OC1CCCCC1. The van der Waals surface area contributed by atoms with E-state index in [9.17, 15) is 18.0 Å². The highest BCUT2D eigenvalue weighted by Gasteiger charge is 2.31. The zero-order chi connectivity index (χ0) is 13.9. The van der Waals surface area contributed by atoms with Crippen LogP contribution in [0.25, 0.3) is 0 Å². The minimum Gasteiger partial charge on any atom is -0.490 e. The zero-order valence-electron chi connectivity index (χ0n) is 10.4. The third kappa shape index (κ3) is 3.49. The van der Waals surface area contributed by atoms with Gasteiger partial charge in [0, 0.05) is 0 Å². The molecule has 1 fully saturated rings. The summed E-state index contributed by atoms with van der Waals surface area (Å²) in [4.78, 5) is 10.9. The summed E-state index contributed by atoms with van der Waals surface area (Å²) in [6, 6.07) is 2.98. The van der Waals surface area contributed by atoms with Gasteiger partial charge in [-0.15, -0.1) is 0 Å². The molecule has 1 aliphatic carbocycles. The standard InChI is InChI=1S/C14H15F3O2/c15-14(16,17)11-7-6-10(9-18)13(8-11)19-12-4-2-1-3-5-12/h6-9,12H,1-5H2. The summed E-state index contributed by atoms with van der Waals surface area (Å²) in [5, 5.41) is 0. The predicted molar refractivity (Wildman–Crippen MR) is 64.3 cm³/mol. The fourth-order valence-electron chi connectivity index (χ4n) is 2.27. The van der Waals surface area contributed by atoms with Gasteiger partial charge in [0.05, 0.1) is 17.2 Å². The van der Waals surface area contributed by atoms with Crippen molar-refractivity contribution in [1.29, 1.82) is 0 Å². The number of halogens is 3. The number of benzene rings is 1. The monoisotopic (exact) mass is 272 g/mol. The van der Waals surface area contributed by atoms with Crippen molar-refractivity contribution in [2.75, 3.05) is 0 Å². The van der Waals surface area contributed by atoms with Gasteiger partial charge in [-0.25, -0.2) is 0 Å². The lowest BCUT2D eigenvalue weighted by Gasteiger charge is -2.24. The van der Waals surface area contributed by atoms with E-state index in [4.69, 9.17) is 4.74 Å². The van der Waals surface area contributed by atoms with Gasteiger partial charge in [-0.3, -0.25) is 4.79 Å².